The highest BCUT2D eigenvalue weighted by atomic mass is 19.4. The largest absolute Gasteiger partial charge is 0.488 e. The van der Waals surface area contributed by atoms with Crippen molar-refractivity contribution >= 4 is 16.9 Å². The van der Waals surface area contributed by atoms with Crippen LogP contribution in [0.4, 0.5) is 13.2 Å². The van der Waals surface area contributed by atoms with Gasteiger partial charge in [0.2, 0.25) is 0 Å². The Labute approximate surface area is 169 Å². The van der Waals surface area contributed by atoms with Crippen LogP contribution in [0.3, 0.4) is 0 Å². The molecule has 0 bridgehead atoms. The van der Waals surface area contributed by atoms with E-state index in [9.17, 15) is 22.8 Å². The molecular weight excluding hydrogens is 401 g/mol. The Bertz CT molecular complexity index is 1160. The number of alkyl halides is 3. The normalized spacial score (nSPS) is 11.6. The van der Waals surface area contributed by atoms with Crippen LogP contribution in [0.15, 0.2) is 45.6 Å². The van der Waals surface area contributed by atoms with Crippen molar-refractivity contribution in [3.05, 3.63) is 74.6 Å². The molecular formula is C22H19F3O5. The highest BCUT2D eigenvalue weighted by Gasteiger charge is 2.30. The third kappa shape index (κ3) is 4.48. The van der Waals surface area contributed by atoms with Crippen molar-refractivity contribution in [1.29, 1.82) is 0 Å². The van der Waals surface area contributed by atoms with Gasteiger partial charge < -0.3 is 14.3 Å². The van der Waals surface area contributed by atoms with Crippen molar-refractivity contribution in [3.8, 4) is 5.75 Å². The zero-order valence-corrected chi connectivity index (χ0v) is 16.3. The van der Waals surface area contributed by atoms with Crippen molar-refractivity contribution in [2.45, 2.75) is 39.5 Å². The Morgan fingerprint density at radius 2 is 1.87 bits per heavy atom. The molecule has 0 unspecified atom stereocenters. The molecule has 3 aromatic rings. The monoisotopic (exact) mass is 420 g/mol. The predicted molar refractivity (Wildman–Crippen MR) is 104 cm³/mol. The SMILES string of the molecule is Cc1c(CCC(=O)O)c(=O)oc2c(C)c(OCc3cccc(C(F)(F)F)c3)ccc12. The minimum atomic E-state index is -4.44. The van der Waals surface area contributed by atoms with E-state index in [-0.39, 0.29) is 19.4 Å². The number of hydrogen-bond acceptors (Lipinski definition) is 4. The molecule has 0 amide bonds. The second-order valence-electron chi connectivity index (χ2n) is 6.94. The Hall–Kier alpha value is -3.29. The minimum Gasteiger partial charge on any atom is -0.488 e. The summed E-state index contributed by atoms with van der Waals surface area (Å²) >= 11 is 0. The highest BCUT2D eigenvalue weighted by Crippen LogP contribution is 2.32. The number of rotatable bonds is 6. The number of benzene rings is 2. The molecule has 0 saturated heterocycles. The van der Waals surface area contributed by atoms with Crippen LogP contribution in [0.5, 0.6) is 5.75 Å². The van der Waals surface area contributed by atoms with Gasteiger partial charge in [-0.3, -0.25) is 4.79 Å². The fraction of sp³-hybridized carbons (Fsp3) is 0.273. The first-order valence-corrected chi connectivity index (χ1v) is 9.14. The van der Waals surface area contributed by atoms with E-state index in [1.54, 1.807) is 26.0 Å². The van der Waals surface area contributed by atoms with Crippen LogP contribution in [0.1, 0.15) is 34.2 Å². The lowest BCUT2D eigenvalue weighted by atomic mass is 10.0. The predicted octanol–water partition coefficient (Wildman–Crippen LogP) is 5.02. The molecule has 3 rings (SSSR count). The minimum absolute atomic E-state index is 0.0618. The van der Waals surface area contributed by atoms with Gasteiger partial charge in [-0.2, -0.15) is 13.2 Å². The summed E-state index contributed by atoms with van der Waals surface area (Å²) in [5.74, 6) is -0.635. The van der Waals surface area contributed by atoms with Gasteiger partial charge in [-0.25, -0.2) is 4.79 Å². The Morgan fingerprint density at radius 3 is 2.53 bits per heavy atom. The molecule has 0 radical (unpaired) electrons. The number of halogens is 3. The standard InChI is InChI=1S/C22H19F3O5/c1-12-16-6-8-18(29-11-14-4-3-5-15(10-14)22(23,24)25)13(2)20(16)30-21(28)17(12)7-9-19(26)27/h3-6,8,10H,7,9,11H2,1-2H3,(H,26,27). The first-order chi connectivity index (χ1) is 14.1. The topological polar surface area (TPSA) is 76.7 Å². The number of fused-ring (bicyclic) bond motifs is 1. The molecule has 2 aromatic carbocycles. The fourth-order valence-electron chi connectivity index (χ4n) is 3.25. The number of aliphatic carboxylic acids is 1. The van der Waals surface area contributed by atoms with E-state index in [1.165, 1.54) is 12.1 Å². The van der Waals surface area contributed by atoms with Gasteiger partial charge in [-0.15, -0.1) is 0 Å². The second kappa shape index (κ2) is 8.22. The van der Waals surface area contributed by atoms with Gasteiger partial charge >= 0.3 is 17.8 Å². The van der Waals surface area contributed by atoms with Crippen molar-refractivity contribution in [2.75, 3.05) is 0 Å². The number of carboxylic acid groups (broad SMARTS) is 1. The van der Waals surface area contributed by atoms with Crippen molar-refractivity contribution in [1.82, 2.24) is 0 Å². The van der Waals surface area contributed by atoms with Gasteiger partial charge in [0.25, 0.3) is 0 Å². The van der Waals surface area contributed by atoms with Crippen LogP contribution in [0.25, 0.3) is 11.0 Å². The maximum absolute atomic E-state index is 12.9. The first kappa shape index (κ1) is 21.4. The summed E-state index contributed by atoms with van der Waals surface area (Å²) in [4.78, 5) is 23.1. The molecule has 0 fully saturated rings. The van der Waals surface area contributed by atoms with E-state index in [0.717, 1.165) is 12.1 Å². The maximum Gasteiger partial charge on any atom is 0.416 e. The first-order valence-electron chi connectivity index (χ1n) is 9.14. The molecule has 0 atom stereocenters. The molecule has 0 spiro atoms. The summed E-state index contributed by atoms with van der Waals surface area (Å²) in [7, 11) is 0. The van der Waals surface area contributed by atoms with E-state index in [1.807, 2.05) is 0 Å². The lowest BCUT2D eigenvalue weighted by Gasteiger charge is -2.14. The third-order valence-corrected chi connectivity index (χ3v) is 4.89. The lowest BCUT2D eigenvalue weighted by Crippen LogP contribution is -2.13. The van der Waals surface area contributed by atoms with Gasteiger partial charge in [0.1, 0.15) is 17.9 Å². The van der Waals surface area contributed by atoms with Gasteiger partial charge in [-0.1, -0.05) is 12.1 Å². The third-order valence-electron chi connectivity index (χ3n) is 4.89. The molecule has 1 N–H and O–H groups in total. The van der Waals surface area contributed by atoms with Crippen molar-refractivity contribution in [2.24, 2.45) is 0 Å². The average molecular weight is 420 g/mol. The van der Waals surface area contributed by atoms with E-state index >= 15 is 0 Å². The molecule has 0 aliphatic rings. The summed E-state index contributed by atoms with van der Waals surface area (Å²) in [6.45, 7) is 3.32. The van der Waals surface area contributed by atoms with Crippen LogP contribution >= 0.6 is 0 Å². The molecule has 30 heavy (non-hydrogen) atoms. The molecule has 158 valence electrons. The number of aryl methyl sites for hydroxylation is 2. The second-order valence-corrected chi connectivity index (χ2v) is 6.94. The average Bonchev–Trinajstić information content (AvgIpc) is 2.67. The zero-order chi connectivity index (χ0) is 22.1. The Balaban J connectivity index is 1.90. The van der Waals surface area contributed by atoms with Crippen molar-refractivity contribution < 1.29 is 32.2 Å². The van der Waals surface area contributed by atoms with Crippen molar-refractivity contribution in [3.63, 3.8) is 0 Å². The van der Waals surface area contributed by atoms with Gasteiger partial charge in [0.05, 0.1) is 5.56 Å². The summed E-state index contributed by atoms with van der Waals surface area (Å²) in [5, 5.41) is 9.51. The van der Waals surface area contributed by atoms with Crippen LogP contribution in [-0.2, 0) is 24.0 Å². The molecule has 5 nitrogen and oxygen atoms in total. The number of hydrogen-bond donors (Lipinski definition) is 1. The quantitative estimate of drug-likeness (QED) is 0.567. The molecule has 1 heterocycles. The van der Waals surface area contributed by atoms with E-state index in [0.29, 0.717) is 39.0 Å². The van der Waals surface area contributed by atoms with Crippen LogP contribution < -0.4 is 10.4 Å². The summed E-state index contributed by atoms with van der Waals surface area (Å²) in [6, 6.07) is 8.20. The summed E-state index contributed by atoms with van der Waals surface area (Å²) < 4.78 is 49.7. The summed E-state index contributed by atoms with van der Waals surface area (Å²) in [5.41, 5.74) is 0.763. The fourth-order valence-corrected chi connectivity index (χ4v) is 3.25. The number of carboxylic acids is 1. The molecule has 0 aliphatic carbocycles. The van der Waals surface area contributed by atoms with Gasteiger partial charge in [0, 0.05) is 22.9 Å². The van der Waals surface area contributed by atoms with Gasteiger partial charge in [-0.05, 0) is 55.7 Å². The summed E-state index contributed by atoms with van der Waals surface area (Å²) in [6.07, 6.45) is -4.56. The maximum atomic E-state index is 12.9. The molecule has 0 aliphatic heterocycles. The van der Waals surface area contributed by atoms with E-state index in [2.05, 4.69) is 0 Å². The highest BCUT2D eigenvalue weighted by molar-refractivity contribution is 5.85. The lowest BCUT2D eigenvalue weighted by molar-refractivity contribution is -0.138. The van der Waals surface area contributed by atoms with Crippen LogP contribution in [0, 0.1) is 13.8 Å². The smallest absolute Gasteiger partial charge is 0.416 e. The van der Waals surface area contributed by atoms with Crippen LogP contribution in [-0.4, -0.2) is 11.1 Å². The molecule has 0 saturated carbocycles. The van der Waals surface area contributed by atoms with E-state index in [4.69, 9.17) is 14.3 Å². The van der Waals surface area contributed by atoms with E-state index < -0.39 is 23.3 Å². The molecule has 8 heteroatoms. The number of carbonyl (C=O) groups is 1. The Kier molecular flexibility index (Phi) is 5.87. The number of ether oxygens (including phenoxy) is 1. The van der Waals surface area contributed by atoms with Gasteiger partial charge in [0.15, 0.2) is 0 Å². The van der Waals surface area contributed by atoms with Crippen LogP contribution in [0.2, 0.25) is 0 Å². The Morgan fingerprint density at radius 1 is 1.13 bits per heavy atom. The molecule has 1 aromatic heterocycles. The zero-order valence-electron chi connectivity index (χ0n) is 16.3.